The van der Waals surface area contributed by atoms with Gasteiger partial charge in [0.05, 0.1) is 38.3 Å². The highest BCUT2D eigenvalue weighted by Gasteiger charge is 2.18. The first-order valence-electron chi connectivity index (χ1n) is 6.46. The number of aromatic nitrogens is 2. The molecule has 1 N–H and O–H groups in total. The fraction of sp³-hybridized carbons (Fsp3) is 0.667. The maximum absolute atomic E-state index is 11.8. The van der Waals surface area contributed by atoms with Gasteiger partial charge in [-0.3, -0.25) is 4.68 Å². The van der Waals surface area contributed by atoms with Crippen LogP contribution in [0.2, 0.25) is 0 Å². The predicted molar refractivity (Wildman–Crippen MR) is 68.4 cm³/mol. The normalized spacial score (nSPS) is 16.5. The highest BCUT2D eigenvalue weighted by molar-refractivity contribution is 5.90. The molecule has 2 rings (SSSR count). The minimum Gasteiger partial charge on any atom is -0.462 e. The second-order valence-electron chi connectivity index (χ2n) is 4.28. The molecule has 106 valence electrons. The van der Waals surface area contributed by atoms with Gasteiger partial charge in [0.2, 0.25) is 0 Å². The number of nitrogens with one attached hydrogen (secondary N) is 1. The van der Waals surface area contributed by atoms with E-state index in [0.717, 1.165) is 32.0 Å². The number of rotatable bonds is 5. The summed E-state index contributed by atoms with van der Waals surface area (Å²) in [4.78, 5) is 11.8. The third-order valence-electron chi connectivity index (χ3n) is 3.04. The molecule has 0 amide bonds. The maximum atomic E-state index is 11.8. The second-order valence-corrected chi connectivity index (χ2v) is 4.28. The van der Waals surface area contributed by atoms with Crippen LogP contribution in [0.4, 0.5) is 0 Å². The monoisotopic (exact) mass is 268 g/mol. The number of carbonyl (C=O) groups is 1. The highest BCUT2D eigenvalue weighted by Crippen LogP contribution is 2.09. The first-order valence-corrected chi connectivity index (χ1v) is 6.46. The van der Waals surface area contributed by atoms with Crippen LogP contribution in [0, 0.1) is 0 Å². The Morgan fingerprint density at radius 3 is 2.95 bits per heavy atom. The van der Waals surface area contributed by atoms with Gasteiger partial charge in [-0.1, -0.05) is 0 Å². The lowest BCUT2D eigenvalue weighted by Crippen LogP contribution is -2.45. The lowest BCUT2D eigenvalue weighted by molar-refractivity contribution is 0.0100. The van der Waals surface area contributed by atoms with Crippen LogP contribution in [-0.2, 0) is 23.1 Å². The summed E-state index contributed by atoms with van der Waals surface area (Å²) in [5, 5.41) is 6.20. The third-order valence-corrected chi connectivity index (χ3v) is 3.04. The Morgan fingerprint density at radius 2 is 2.26 bits per heavy atom. The van der Waals surface area contributed by atoms with E-state index >= 15 is 0 Å². The van der Waals surface area contributed by atoms with E-state index in [1.54, 1.807) is 17.8 Å². The van der Waals surface area contributed by atoms with Gasteiger partial charge >= 0.3 is 5.97 Å². The van der Waals surface area contributed by atoms with Crippen LogP contribution in [0.1, 0.15) is 23.0 Å². The van der Waals surface area contributed by atoms with Crippen molar-refractivity contribution in [2.75, 3.05) is 32.9 Å². The zero-order valence-corrected chi connectivity index (χ0v) is 11.4. The van der Waals surface area contributed by atoms with Crippen molar-refractivity contribution in [1.29, 1.82) is 0 Å². The van der Waals surface area contributed by atoms with E-state index in [4.69, 9.17) is 9.47 Å². The molecular weight excluding hydrogens is 248 g/mol. The zero-order chi connectivity index (χ0) is 13.7. The largest absolute Gasteiger partial charge is 0.462 e. The molecule has 0 aromatic carbocycles. The lowest BCUT2D eigenvalue weighted by atomic mass is 10.2. The van der Waals surface area contributed by atoms with Crippen molar-refractivity contribution >= 4 is 5.97 Å². The molecule has 1 aliphatic rings. The Labute approximate surface area is 112 Å². The first kappa shape index (κ1) is 14.0. The average Bonchev–Trinajstić information content (AvgIpc) is 2.79. The Balaban J connectivity index is 1.98. The number of hydrazine groups is 1. The van der Waals surface area contributed by atoms with E-state index in [0.29, 0.717) is 18.7 Å². The number of morpholine rings is 1. The van der Waals surface area contributed by atoms with Crippen LogP contribution < -0.4 is 5.43 Å². The van der Waals surface area contributed by atoms with Gasteiger partial charge in [0.25, 0.3) is 0 Å². The Hall–Kier alpha value is -1.44. The van der Waals surface area contributed by atoms with E-state index in [-0.39, 0.29) is 5.97 Å². The smallest absolute Gasteiger partial charge is 0.341 e. The molecule has 0 bridgehead atoms. The lowest BCUT2D eigenvalue weighted by Gasteiger charge is -2.27. The van der Waals surface area contributed by atoms with Crippen molar-refractivity contribution in [3.05, 3.63) is 17.5 Å². The van der Waals surface area contributed by atoms with Crippen LogP contribution in [0.15, 0.2) is 6.20 Å². The number of esters is 1. The minimum atomic E-state index is -0.325. The van der Waals surface area contributed by atoms with Crippen LogP contribution >= 0.6 is 0 Å². The van der Waals surface area contributed by atoms with Crippen molar-refractivity contribution in [1.82, 2.24) is 20.2 Å². The van der Waals surface area contributed by atoms with Gasteiger partial charge in [0.15, 0.2) is 0 Å². The van der Waals surface area contributed by atoms with E-state index in [2.05, 4.69) is 15.5 Å². The molecule has 1 aliphatic heterocycles. The molecule has 7 heteroatoms. The van der Waals surface area contributed by atoms with E-state index in [9.17, 15) is 4.79 Å². The van der Waals surface area contributed by atoms with E-state index < -0.39 is 0 Å². The number of aryl methyl sites for hydroxylation is 1. The number of hydrogen-bond donors (Lipinski definition) is 1. The van der Waals surface area contributed by atoms with Gasteiger partial charge in [-0.2, -0.15) is 5.10 Å². The van der Waals surface area contributed by atoms with E-state index in [1.807, 2.05) is 7.05 Å². The first-order chi connectivity index (χ1) is 9.22. The maximum Gasteiger partial charge on any atom is 0.341 e. The molecule has 0 radical (unpaired) electrons. The molecule has 0 aliphatic carbocycles. The summed E-state index contributed by atoms with van der Waals surface area (Å²) in [6.45, 7) is 5.83. The van der Waals surface area contributed by atoms with Gasteiger partial charge in [-0.05, 0) is 6.92 Å². The SMILES string of the molecule is CCOC(=O)c1cnn(C)c1CNN1CCOCC1. The fourth-order valence-electron chi connectivity index (χ4n) is 1.96. The molecule has 0 spiro atoms. The number of ether oxygens (including phenoxy) is 2. The quantitative estimate of drug-likeness (QED) is 0.754. The standard InChI is InChI=1S/C12H20N4O3/c1-3-19-12(17)10-8-13-15(2)11(10)9-14-16-4-6-18-7-5-16/h8,14H,3-7,9H2,1-2H3. The molecule has 0 saturated carbocycles. The van der Waals surface area contributed by atoms with Crippen molar-refractivity contribution in [3.63, 3.8) is 0 Å². The third kappa shape index (κ3) is 3.52. The van der Waals surface area contributed by atoms with Crippen LogP contribution in [0.3, 0.4) is 0 Å². The van der Waals surface area contributed by atoms with Crippen molar-refractivity contribution in [2.24, 2.45) is 7.05 Å². The summed E-state index contributed by atoms with van der Waals surface area (Å²) in [7, 11) is 1.82. The Morgan fingerprint density at radius 1 is 1.53 bits per heavy atom. The summed E-state index contributed by atoms with van der Waals surface area (Å²) in [5.74, 6) is -0.325. The number of nitrogens with zero attached hydrogens (tertiary/aromatic N) is 3. The zero-order valence-electron chi connectivity index (χ0n) is 11.4. The molecular formula is C12H20N4O3. The summed E-state index contributed by atoms with van der Waals surface area (Å²) >= 11 is 0. The van der Waals surface area contributed by atoms with Gasteiger partial charge in [-0.15, -0.1) is 0 Å². The van der Waals surface area contributed by atoms with Gasteiger partial charge in [0, 0.05) is 20.1 Å². The van der Waals surface area contributed by atoms with E-state index in [1.165, 1.54) is 0 Å². The number of carbonyl (C=O) groups excluding carboxylic acids is 1. The highest BCUT2D eigenvalue weighted by atomic mass is 16.5. The molecule has 7 nitrogen and oxygen atoms in total. The van der Waals surface area contributed by atoms with Crippen molar-refractivity contribution < 1.29 is 14.3 Å². The molecule has 1 saturated heterocycles. The molecule has 0 atom stereocenters. The molecule has 2 heterocycles. The van der Waals surface area contributed by atoms with Crippen LogP contribution in [0.25, 0.3) is 0 Å². The molecule has 0 unspecified atom stereocenters. The molecule has 1 aromatic rings. The summed E-state index contributed by atoms with van der Waals surface area (Å²) in [6, 6.07) is 0. The Bertz CT molecular complexity index is 427. The van der Waals surface area contributed by atoms with Gasteiger partial charge < -0.3 is 9.47 Å². The minimum absolute atomic E-state index is 0.325. The predicted octanol–water partition coefficient (Wildman–Crippen LogP) is -0.0664. The molecule has 1 aromatic heterocycles. The Kier molecular flexibility index (Phi) is 4.89. The fourth-order valence-corrected chi connectivity index (χ4v) is 1.96. The van der Waals surface area contributed by atoms with Crippen LogP contribution in [0.5, 0.6) is 0 Å². The summed E-state index contributed by atoms with van der Waals surface area (Å²) in [5.41, 5.74) is 4.63. The van der Waals surface area contributed by atoms with Gasteiger partial charge in [0.1, 0.15) is 5.56 Å². The van der Waals surface area contributed by atoms with Gasteiger partial charge in [-0.25, -0.2) is 15.2 Å². The van der Waals surface area contributed by atoms with Crippen molar-refractivity contribution in [2.45, 2.75) is 13.5 Å². The topological polar surface area (TPSA) is 68.6 Å². The molecule has 19 heavy (non-hydrogen) atoms. The van der Waals surface area contributed by atoms with Crippen LogP contribution in [-0.4, -0.2) is 53.7 Å². The average molecular weight is 268 g/mol. The van der Waals surface area contributed by atoms with Crippen molar-refractivity contribution in [3.8, 4) is 0 Å². The summed E-state index contributed by atoms with van der Waals surface area (Å²) < 4.78 is 12.0. The number of hydrogen-bond acceptors (Lipinski definition) is 6. The molecule has 1 fully saturated rings. The summed E-state index contributed by atoms with van der Waals surface area (Å²) in [6.07, 6.45) is 1.55. The second kappa shape index (κ2) is 6.65.